The smallest absolute Gasteiger partial charge is 0.181 e. The molecule has 28 heavy (non-hydrogen) atoms. The lowest BCUT2D eigenvalue weighted by molar-refractivity contribution is -0.229. The molecule has 2 nitrogen and oxygen atoms in total. The highest BCUT2D eigenvalue weighted by atomic mass is 16.3. The van der Waals surface area contributed by atoms with E-state index < -0.39 is 0 Å². The van der Waals surface area contributed by atoms with Crippen molar-refractivity contribution in [1.82, 2.24) is 0 Å². The van der Waals surface area contributed by atoms with Crippen LogP contribution in [0.25, 0.3) is 0 Å². The van der Waals surface area contributed by atoms with E-state index in [-0.39, 0.29) is 28.6 Å². The molecule has 0 aliphatic heterocycles. The number of aliphatic hydroxyl groups excluding tert-OH is 1. The Hall–Kier alpha value is -0.890. The van der Waals surface area contributed by atoms with E-state index in [1.165, 1.54) is 32.1 Å². The molecule has 5 aliphatic rings. The molecule has 2 heteroatoms. The zero-order chi connectivity index (χ0) is 20.1. The molecule has 8 atom stereocenters. The van der Waals surface area contributed by atoms with Crippen molar-refractivity contribution in [1.29, 1.82) is 0 Å². The van der Waals surface area contributed by atoms with Gasteiger partial charge in [-0.05, 0) is 78.6 Å². The van der Waals surface area contributed by atoms with E-state index in [1.807, 2.05) is 0 Å². The van der Waals surface area contributed by atoms with E-state index in [4.69, 9.17) is 0 Å². The molecule has 1 N–H and O–H groups in total. The first-order valence-electron chi connectivity index (χ1n) is 11.7. The van der Waals surface area contributed by atoms with Crippen molar-refractivity contribution in [3.05, 3.63) is 23.8 Å². The number of hydrogen-bond donors (Lipinski definition) is 1. The Labute approximate surface area is 170 Å². The fourth-order valence-electron chi connectivity index (χ4n) is 9.56. The van der Waals surface area contributed by atoms with Crippen LogP contribution < -0.4 is 0 Å². The summed E-state index contributed by atoms with van der Waals surface area (Å²) in [5.74, 6) is 2.10. The molecule has 5 rings (SSSR count). The van der Waals surface area contributed by atoms with E-state index in [0.29, 0.717) is 22.7 Å². The minimum atomic E-state index is -0.319. The second-order valence-corrected chi connectivity index (χ2v) is 12.3. The molecule has 0 radical (unpaired) electrons. The Kier molecular flexibility index (Phi) is 3.83. The van der Waals surface area contributed by atoms with E-state index in [0.717, 1.165) is 24.3 Å². The van der Waals surface area contributed by atoms with Crippen molar-refractivity contribution in [2.24, 2.45) is 45.3 Å². The second kappa shape index (κ2) is 5.62. The van der Waals surface area contributed by atoms with Crippen molar-refractivity contribution in [2.45, 2.75) is 85.7 Å². The van der Waals surface area contributed by atoms with Crippen molar-refractivity contribution in [3.8, 4) is 0 Å². The zero-order valence-corrected chi connectivity index (χ0v) is 18.4. The molecule has 0 aromatic heterocycles. The molecule has 0 amide bonds. The second-order valence-electron chi connectivity index (χ2n) is 12.3. The lowest BCUT2D eigenvalue weighted by Crippen LogP contribution is -2.66. The van der Waals surface area contributed by atoms with Crippen LogP contribution in [0.1, 0.15) is 79.6 Å². The Bertz CT molecular complexity index is 775. The molecule has 3 saturated carbocycles. The minimum Gasteiger partial charge on any atom is -0.393 e. The van der Waals surface area contributed by atoms with E-state index in [1.54, 1.807) is 6.08 Å². The number of carbonyl (C=O) groups excluding carboxylic acids is 1. The first-order valence-corrected chi connectivity index (χ1v) is 11.7. The molecule has 0 aromatic rings. The van der Waals surface area contributed by atoms with Crippen molar-refractivity contribution < 1.29 is 9.90 Å². The summed E-state index contributed by atoms with van der Waals surface area (Å²) >= 11 is 0. The van der Waals surface area contributed by atoms with Gasteiger partial charge in [0.1, 0.15) is 0 Å². The van der Waals surface area contributed by atoms with Gasteiger partial charge in [-0.25, -0.2) is 0 Å². The molecule has 3 fully saturated rings. The van der Waals surface area contributed by atoms with Gasteiger partial charge in [0.2, 0.25) is 0 Å². The minimum absolute atomic E-state index is 0.111. The normalized spacial score (nSPS) is 54.3. The van der Waals surface area contributed by atoms with E-state index >= 15 is 0 Å². The molecule has 0 aromatic carbocycles. The molecule has 0 heterocycles. The van der Waals surface area contributed by atoms with Gasteiger partial charge in [-0.3, -0.25) is 4.79 Å². The molecule has 8 unspecified atom stereocenters. The van der Waals surface area contributed by atoms with Crippen LogP contribution in [0.4, 0.5) is 0 Å². The maximum atomic E-state index is 12.4. The maximum absolute atomic E-state index is 12.4. The highest BCUT2D eigenvalue weighted by Gasteiger charge is 2.68. The number of aliphatic hydroxyl groups is 1. The maximum Gasteiger partial charge on any atom is 0.181 e. The summed E-state index contributed by atoms with van der Waals surface area (Å²) < 4.78 is 0. The van der Waals surface area contributed by atoms with Crippen molar-refractivity contribution in [2.75, 3.05) is 0 Å². The Balaban J connectivity index is 1.60. The molecular formula is C26H38O2. The van der Waals surface area contributed by atoms with Gasteiger partial charge in [0.15, 0.2) is 5.78 Å². The zero-order valence-electron chi connectivity index (χ0n) is 18.4. The fourth-order valence-corrected chi connectivity index (χ4v) is 9.56. The third-order valence-corrected chi connectivity index (χ3v) is 10.9. The van der Waals surface area contributed by atoms with E-state index in [9.17, 15) is 9.90 Å². The van der Waals surface area contributed by atoms with Crippen molar-refractivity contribution in [3.63, 3.8) is 0 Å². The topological polar surface area (TPSA) is 37.3 Å². The van der Waals surface area contributed by atoms with Gasteiger partial charge < -0.3 is 5.11 Å². The number of fused-ring (bicyclic) bond motifs is 7. The van der Waals surface area contributed by atoms with Crippen LogP contribution in [0.3, 0.4) is 0 Å². The average molecular weight is 383 g/mol. The molecule has 0 spiro atoms. The van der Waals surface area contributed by atoms with Crippen LogP contribution in [0.2, 0.25) is 0 Å². The van der Waals surface area contributed by atoms with E-state index in [2.05, 4.69) is 46.8 Å². The first kappa shape index (κ1) is 19.1. The molecular weight excluding hydrogens is 344 g/mol. The molecule has 0 saturated heterocycles. The van der Waals surface area contributed by atoms with Crippen LogP contribution in [0, 0.1) is 45.3 Å². The third-order valence-electron chi connectivity index (χ3n) is 10.9. The van der Waals surface area contributed by atoms with Crippen LogP contribution in [0.5, 0.6) is 0 Å². The number of ketones is 1. The quantitative estimate of drug-likeness (QED) is 0.583. The summed E-state index contributed by atoms with van der Waals surface area (Å²) in [6, 6.07) is 0. The average Bonchev–Trinajstić information content (AvgIpc) is 2.99. The summed E-state index contributed by atoms with van der Waals surface area (Å²) in [5, 5.41) is 11.6. The molecule has 154 valence electrons. The third kappa shape index (κ3) is 2.11. The monoisotopic (exact) mass is 382 g/mol. The molecule has 5 aliphatic carbocycles. The van der Waals surface area contributed by atoms with Gasteiger partial charge >= 0.3 is 0 Å². The van der Waals surface area contributed by atoms with Crippen molar-refractivity contribution >= 4 is 5.78 Å². The summed E-state index contributed by atoms with van der Waals surface area (Å²) in [6.07, 6.45) is 14.3. The van der Waals surface area contributed by atoms with Crippen LogP contribution in [-0.4, -0.2) is 17.0 Å². The first-order chi connectivity index (χ1) is 13.0. The highest BCUT2D eigenvalue weighted by molar-refractivity contribution is 6.07. The number of carbonyl (C=O) groups is 1. The van der Waals surface area contributed by atoms with Crippen LogP contribution in [0.15, 0.2) is 23.8 Å². The summed E-state index contributed by atoms with van der Waals surface area (Å²) in [6.45, 7) is 12.4. The predicted molar refractivity (Wildman–Crippen MR) is 113 cm³/mol. The SMILES string of the molecule is CC1(C)CCCC2(C)C1CCC1(C)C2CC(O)C2(C)C3C=CC(=O)C3=CCC12. The van der Waals surface area contributed by atoms with Crippen LogP contribution >= 0.6 is 0 Å². The van der Waals surface area contributed by atoms with Gasteiger partial charge in [0.25, 0.3) is 0 Å². The Morgan fingerprint density at radius 3 is 2.43 bits per heavy atom. The predicted octanol–water partition coefficient (Wildman–Crippen LogP) is 5.71. The van der Waals surface area contributed by atoms with Crippen LogP contribution in [-0.2, 0) is 4.79 Å². The number of hydrogen-bond acceptors (Lipinski definition) is 2. The largest absolute Gasteiger partial charge is 0.393 e. The summed E-state index contributed by atoms with van der Waals surface area (Å²) in [5.41, 5.74) is 1.76. The number of rotatable bonds is 0. The highest BCUT2D eigenvalue weighted by Crippen LogP contribution is 2.73. The Morgan fingerprint density at radius 2 is 1.68 bits per heavy atom. The van der Waals surface area contributed by atoms with Gasteiger partial charge in [0, 0.05) is 16.9 Å². The Morgan fingerprint density at radius 1 is 0.964 bits per heavy atom. The summed E-state index contributed by atoms with van der Waals surface area (Å²) in [4.78, 5) is 12.4. The standard InChI is InChI=1S/C26H38O2/c1-23(2)12-6-13-24(3)19(23)11-14-25(4)20-10-7-16-17(8-9-18(16)27)26(20,5)22(28)15-21(24)25/h7-9,17,19-22,28H,6,10-15H2,1-5H3. The lowest BCUT2D eigenvalue weighted by Gasteiger charge is -2.70. The van der Waals surface area contributed by atoms with Gasteiger partial charge in [-0.1, -0.05) is 53.2 Å². The molecule has 0 bridgehead atoms. The summed E-state index contributed by atoms with van der Waals surface area (Å²) in [7, 11) is 0. The van der Waals surface area contributed by atoms with Gasteiger partial charge in [-0.2, -0.15) is 0 Å². The van der Waals surface area contributed by atoms with Gasteiger partial charge in [0.05, 0.1) is 6.10 Å². The number of allylic oxidation sites excluding steroid dienone is 4. The fraction of sp³-hybridized carbons (Fsp3) is 0.808. The van der Waals surface area contributed by atoms with Gasteiger partial charge in [-0.15, -0.1) is 0 Å². The lowest BCUT2D eigenvalue weighted by atomic mass is 9.35.